The van der Waals surface area contributed by atoms with Gasteiger partial charge >= 0.3 is 0 Å². The lowest BCUT2D eigenvalue weighted by Gasteiger charge is -2.06. The van der Waals surface area contributed by atoms with Gasteiger partial charge in [0.2, 0.25) is 0 Å². The lowest BCUT2D eigenvalue weighted by molar-refractivity contribution is 0.629. The Kier molecular flexibility index (Phi) is 4.01. The van der Waals surface area contributed by atoms with Crippen LogP contribution in [0.2, 0.25) is 0 Å². The molecule has 0 aliphatic carbocycles. The van der Waals surface area contributed by atoms with E-state index in [0.717, 1.165) is 41.6 Å². The third-order valence-electron chi connectivity index (χ3n) is 4.71. The van der Waals surface area contributed by atoms with E-state index in [2.05, 4.69) is 35.0 Å². The molecule has 0 aliphatic heterocycles. The Balaban J connectivity index is 1.34. The number of H-pyrrole nitrogens is 2. The van der Waals surface area contributed by atoms with Crippen LogP contribution in [0.5, 0.6) is 0 Å². The van der Waals surface area contributed by atoms with Gasteiger partial charge < -0.3 is 14.9 Å². The number of anilines is 1. The fourth-order valence-corrected chi connectivity index (χ4v) is 3.32. The Morgan fingerprint density at radius 3 is 2.96 bits per heavy atom. The molecule has 0 spiro atoms. The van der Waals surface area contributed by atoms with Crippen LogP contribution in [0.15, 0.2) is 55.1 Å². The van der Waals surface area contributed by atoms with Crippen LogP contribution in [0.3, 0.4) is 0 Å². The molecule has 3 N–H and O–H groups in total. The lowest BCUT2D eigenvalue weighted by atomic mass is 10.2. The van der Waals surface area contributed by atoms with Crippen LogP contribution in [0.4, 0.5) is 10.1 Å². The van der Waals surface area contributed by atoms with E-state index in [1.165, 1.54) is 12.1 Å². The van der Waals surface area contributed by atoms with Crippen LogP contribution in [0.25, 0.3) is 33.5 Å². The molecular formula is C20H18FN7. The van der Waals surface area contributed by atoms with Crippen LogP contribution in [0.1, 0.15) is 6.42 Å². The number of nitrogens with one attached hydrogen (secondary N) is 3. The molecule has 0 aliphatic rings. The minimum atomic E-state index is -0.295. The summed E-state index contributed by atoms with van der Waals surface area (Å²) in [7, 11) is 0. The second-order valence-corrected chi connectivity index (χ2v) is 6.66. The maximum Gasteiger partial charge on any atom is 0.159 e. The number of aryl methyl sites for hydroxylation is 1. The maximum atomic E-state index is 13.4. The number of imidazole rings is 2. The van der Waals surface area contributed by atoms with Crippen molar-refractivity contribution < 1.29 is 4.39 Å². The highest BCUT2D eigenvalue weighted by molar-refractivity contribution is 5.93. The summed E-state index contributed by atoms with van der Waals surface area (Å²) < 4.78 is 15.4. The number of halogens is 1. The summed E-state index contributed by atoms with van der Waals surface area (Å²) in [5.41, 5.74) is 4.14. The Morgan fingerprint density at radius 1 is 1.11 bits per heavy atom. The summed E-state index contributed by atoms with van der Waals surface area (Å²) in [4.78, 5) is 12.0. The molecule has 5 rings (SSSR count). The second kappa shape index (κ2) is 6.80. The van der Waals surface area contributed by atoms with Crippen molar-refractivity contribution in [2.75, 3.05) is 11.9 Å². The van der Waals surface area contributed by atoms with E-state index in [-0.39, 0.29) is 5.82 Å². The monoisotopic (exact) mass is 375 g/mol. The van der Waals surface area contributed by atoms with Crippen LogP contribution in [-0.2, 0) is 6.54 Å². The Labute approximate surface area is 159 Å². The van der Waals surface area contributed by atoms with Crippen molar-refractivity contribution in [2.24, 2.45) is 0 Å². The van der Waals surface area contributed by atoms with Gasteiger partial charge in [0.1, 0.15) is 11.5 Å². The minimum Gasteiger partial charge on any atom is -0.385 e. The van der Waals surface area contributed by atoms with Crippen molar-refractivity contribution in [3.05, 3.63) is 60.9 Å². The van der Waals surface area contributed by atoms with E-state index in [1.54, 1.807) is 12.3 Å². The van der Waals surface area contributed by atoms with Gasteiger partial charge in [0.25, 0.3) is 0 Å². The van der Waals surface area contributed by atoms with Crippen molar-refractivity contribution in [3.63, 3.8) is 0 Å². The fraction of sp³-hybridized carbons (Fsp3) is 0.150. The van der Waals surface area contributed by atoms with E-state index in [9.17, 15) is 4.39 Å². The van der Waals surface area contributed by atoms with Gasteiger partial charge in [-0.25, -0.2) is 14.4 Å². The van der Waals surface area contributed by atoms with Gasteiger partial charge in [-0.1, -0.05) is 0 Å². The Hall–Kier alpha value is -3.68. The molecular weight excluding hydrogens is 357 g/mol. The summed E-state index contributed by atoms with van der Waals surface area (Å²) in [6, 6.07) is 10.6. The zero-order chi connectivity index (χ0) is 18.9. The van der Waals surface area contributed by atoms with Crippen molar-refractivity contribution in [1.82, 2.24) is 29.7 Å². The average Bonchev–Trinajstić information content (AvgIpc) is 3.43. The van der Waals surface area contributed by atoms with Crippen molar-refractivity contribution >= 4 is 27.6 Å². The highest BCUT2D eigenvalue weighted by Crippen LogP contribution is 2.27. The predicted molar refractivity (Wildman–Crippen MR) is 106 cm³/mol. The van der Waals surface area contributed by atoms with Gasteiger partial charge in [-0.05, 0) is 42.8 Å². The van der Waals surface area contributed by atoms with Gasteiger partial charge in [0, 0.05) is 36.6 Å². The van der Waals surface area contributed by atoms with Crippen molar-refractivity contribution in [3.8, 4) is 11.5 Å². The minimum absolute atomic E-state index is 0.295. The highest BCUT2D eigenvalue weighted by Gasteiger charge is 2.13. The first-order valence-corrected chi connectivity index (χ1v) is 9.10. The lowest BCUT2D eigenvalue weighted by Crippen LogP contribution is -2.05. The summed E-state index contributed by atoms with van der Waals surface area (Å²) in [5, 5.41) is 11.4. The molecule has 140 valence electrons. The number of aromatic nitrogens is 6. The molecule has 0 saturated heterocycles. The SMILES string of the molecule is Fc1ccc2c(-c3nc4ccc(NCCCn5ccnc5)cc4[nH]3)n[nH]c2c1. The normalized spacial score (nSPS) is 11.5. The quantitative estimate of drug-likeness (QED) is 0.392. The Morgan fingerprint density at radius 2 is 2.07 bits per heavy atom. The fourth-order valence-electron chi connectivity index (χ4n) is 3.32. The number of rotatable bonds is 6. The summed E-state index contributed by atoms with van der Waals surface area (Å²) >= 11 is 0. The molecule has 5 aromatic rings. The standard InChI is InChI=1S/C20H18FN7/c21-13-2-4-15-17(10-13)26-27-19(15)20-24-16-5-3-14(11-18(16)25-20)23-6-1-8-28-9-7-22-12-28/h2-5,7,9-12,23H,1,6,8H2,(H,24,25)(H,26,27). The van der Waals surface area contributed by atoms with Crippen molar-refractivity contribution in [2.45, 2.75) is 13.0 Å². The third kappa shape index (κ3) is 3.09. The molecule has 7 nitrogen and oxygen atoms in total. The number of nitrogens with zero attached hydrogens (tertiary/aromatic N) is 4. The number of hydrogen-bond acceptors (Lipinski definition) is 4. The van der Waals surface area contributed by atoms with E-state index in [1.807, 2.05) is 30.7 Å². The predicted octanol–water partition coefficient (Wildman–Crippen LogP) is 3.94. The topological polar surface area (TPSA) is 87.2 Å². The van der Waals surface area contributed by atoms with E-state index in [4.69, 9.17) is 0 Å². The first kappa shape index (κ1) is 16.5. The molecule has 0 radical (unpaired) electrons. The zero-order valence-corrected chi connectivity index (χ0v) is 15.0. The van der Waals surface area contributed by atoms with Crippen molar-refractivity contribution in [1.29, 1.82) is 0 Å². The molecule has 0 bridgehead atoms. The summed E-state index contributed by atoms with van der Waals surface area (Å²) in [6.07, 6.45) is 6.57. The molecule has 3 heterocycles. The Bertz CT molecular complexity index is 1240. The molecule has 0 saturated carbocycles. The molecule has 0 unspecified atom stereocenters. The van der Waals surface area contributed by atoms with Crippen LogP contribution in [0, 0.1) is 5.82 Å². The van der Waals surface area contributed by atoms with E-state index >= 15 is 0 Å². The molecule has 28 heavy (non-hydrogen) atoms. The van der Waals surface area contributed by atoms with Gasteiger partial charge in [0.15, 0.2) is 5.82 Å². The number of hydrogen-bond donors (Lipinski definition) is 3. The molecule has 3 aromatic heterocycles. The molecule has 8 heteroatoms. The number of fused-ring (bicyclic) bond motifs is 2. The smallest absolute Gasteiger partial charge is 0.159 e. The number of benzene rings is 2. The van der Waals surface area contributed by atoms with Gasteiger partial charge in [-0.2, -0.15) is 5.10 Å². The molecule has 0 fully saturated rings. The third-order valence-corrected chi connectivity index (χ3v) is 4.71. The summed E-state index contributed by atoms with van der Waals surface area (Å²) in [5.74, 6) is 0.362. The van der Waals surface area contributed by atoms with Gasteiger partial charge in [-0.3, -0.25) is 5.10 Å². The van der Waals surface area contributed by atoms with Crippen LogP contribution in [-0.4, -0.2) is 36.3 Å². The summed E-state index contributed by atoms with van der Waals surface area (Å²) in [6.45, 7) is 1.79. The first-order chi connectivity index (χ1) is 13.8. The van der Waals surface area contributed by atoms with Gasteiger partial charge in [0.05, 0.1) is 22.9 Å². The second-order valence-electron chi connectivity index (χ2n) is 6.66. The van der Waals surface area contributed by atoms with Crippen LogP contribution >= 0.6 is 0 Å². The maximum absolute atomic E-state index is 13.4. The first-order valence-electron chi connectivity index (χ1n) is 9.10. The van der Waals surface area contributed by atoms with Gasteiger partial charge in [-0.15, -0.1) is 0 Å². The zero-order valence-electron chi connectivity index (χ0n) is 15.0. The van der Waals surface area contributed by atoms with E-state index < -0.39 is 0 Å². The van der Waals surface area contributed by atoms with E-state index in [0.29, 0.717) is 17.0 Å². The largest absolute Gasteiger partial charge is 0.385 e. The van der Waals surface area contributed by atoms with Crippen LogP contribution < -0.4 is 5.32 Å². The molecule has 0 amide bonds. The molecule has 0 atom stereocenters. The number of aromatic amines is 2. The molecule has 2 aromatic carbocycles. The average molecular weight is 375 g/mol. The highest BCUT2D eigenvalue weighted by atomic mass is 19.1.